The van der Waals surface area contributed by atoms with Crippen molar-refractivity contribution in [1.29, 1.82) is 0 Å². The summed E-state index contributed by atoms with van der Waals surface area (Å²) >= 11 is 1.55. The molecule has 1 fully saturated rings. The number of thiophene rings is 1. The van der Waals surface area contributed by atoms with Crippen LogP contribution in [0.15, 0.2) is 12.1 Å². The van der Waals surface area contributed by atoms with E-state index >= 15 is 0 Å². The molecule has 106 valence electrons. The number of nitrogens with one attached hydrogen (secondary N) is 1. The second-order valence-corrected chi connectivity index (χ2v) is 6.45. The molecule has 1 aliphatic heterocycles. The summed E-state index contributed by atoms with van der Waals surface area (Å²) in [6.07, 6.45) is 1.03. The molecule has 19 heavy (non-hydrogen) atoms. The Morgan fingerprint density at radius 2 is 2.05 bits per heavy atom. The van der Waals surface area contributed by atoms with Crippen LogP contribution in [0.5, 0.6) is 0 Å². The smallest absolute Gasteiger partial charge is 0.261 e. The number of likely N-dealkylation sites (N-methyl/N-ethyl adjacent to an activating group) is 1. The van der Waals surface area contributed by atoms with Gasteiger partial charge < -0.3 is 15.1 Å². The van der Waals surface area contributed by atoms with Gasteiger partial charge in [0.15, 0.2) is 0 Å². The van der Waals surface area contributed by atoms with Gasteiger partial charge in [-0.05, 0) is 39.1 Å². The highest BCUT2D eigenvalue weighted by atomic mass is 32.1. The van der Waals surface area contributed by atoms with Crippen molar-refractivity contribution in [3.05, 3.63) is 21.9 Å². The molecule has 0 bridgehead atoms. The largest absolute Gasteiger partial charge is 0.351 e. The molecule has 5 heteroatoms. The van der Waals surface area contributed by atoms with Crippen molar-refractivity contribution < 1.29 is 4.79 Å². The number of nitrogens with zero attached hydrogens (tertiary/aromatic N) is 2. The summed E-state index contributed by atoms with van der Waals surface area (Å²) in [5, 5.41) is 3.00. The average Bonchev–Trinajstić information content (AvgIpc) is 2.83. The van der Waals surface area contributed by atoms with Crippen LogP contribution >= 0.6 is 11.3 Å². The van der Waals surface area contributed by atoms with Gasteiger partial charge in [-0.2, -0.15) is 0 Å². The normalized spacial score (nSPS) is 17.6. The third-order valence-electron chi connectivity index (χ3n) is 3.50. The molecule has 0 saturated carbocycles. The van der Waals surface area contributed by atoms with E-state index in [1.165, 1.54) is 4.88 Å². The van der Waals surface area contributed by atoms with E-state index in [1.807, 2.05) is 19.1 Å². The number of hydrogen-bond acceptors (Lipinski definition) is 4. The summed E-state index contributed by atoms with van der Waals surface area (Å²) in [5.74, 6) is 0.0662. The predicted molar refractivity (Wildman–Crippen MR) is 79.9 cm³/mol. The van der Waals surface area contributed by atoms with Gasteiger partial charge in [-0.3, -0.25) is 4.79 Å². The number of carbonyl (C=O) groups excluding carboxylic acids is 1. The molecule has 0 spiro atoms. The highest BCUT2D eigenvalue weighted by Crippen LogP contribution is 2.14. The fraction of sp³-hybridized carbons (Fsp3) is 0.643. The Bertz CT molecular complexity index is 411. The Labute approximate surface area is 119 Å². The molecular formula is C14H23N3OS. The second kappa shape index (κ2) is 7.03. The Kier molecular flexibility index (Phi) is 5.36. The van der Waals surface area contributed by atoms with Crippen molar-refractivity contribution in [2.75, 3.05) is 46.3 Å². The molecule has 0 aliphatic carbocycles. The van der Waals surface area contributed by atoms with E-state index in [0.717, 1.165) is 50.6 Å². The number of hydrogen-bond donors (Lipinski definition) is 1. The Morgan fingerprint density at radius 3 is 2.68 bits per heavy atom. The van der Waals surface area contributed by atoms with Crippen LogP contribution in [-0.4, -0.2) is 62.0 Å². The fourth-order valence-electron chi connectivity index (χ4n) is 2.22. The lowest BCUT2D eigenvalue weighted by molar-refractivity contribution is 0.0953. The molecule has 1 aromatic heterocycles. The van der Waals surface area contributed by atoms with E-state index in [0.29, 0.717) is 0 Å². The van der Waals surface area contributed by atoms with Gasteiger partial charge >= 0.3 is 0 Å². The zero-order chi connectivity index (χ0) is 13.7. The van der Waals surface area contributed by atoms with E-state index < -0.39 is 0 Å². The highest BCUT2D eigenvalue weighted by Gasteiger charge is 2.13. The molecule has 4 nitrogen and oxygen atoms in total. The maximum absolute atomic E-state index is 11.8. The van der Waals surface area contributed by atoms with E-state index in [2.05, 4.69) is 22.2 Å². The van der Waals surface area contributed by atoms with Crippen LogP contribution in [0.4, 0.5) is 0 Å². The molecule has 2 heterocycles. The third kappa shape index (κ3) is 4.60. The second-order valence-electron chi connectivity index (χ2n) is 5.16. The molecule has 1 N–H and O–H groups in total. The van der Waals surface area contributed by atoms with Gasteiger partial charge in [-0.15, -0.1) is 11.3 Å². The van der Waals surface area contributed by atoms with Gasteiger partial charge in [0.2, 0.25) is 0 Å². The van der Waals surface area contributed by atoms with Gasteiger partial charge in [-0.1, -0.05) is 0 Å². The number of piperazine rings is 1. The van der Waals surface area contributed by atoms with E-state index in [-0.39, 0.29) is 5.91 Å². The minimum absolute atomic E-state index is 0.0662. The lowest BCUT2D eigenvalue weighted by Gasteiger charge is -2.32. The molecule has 1 saturated heterocycles. The predicted octanol–water partition coefficient (Wildman–Crippen LogP) is 1.42. The standard InChI is InChI=1S/C14H23N3OS/c1-12-4-5-13(19-12)14(18)15-6-3-7-17-10-8-16(2)9-11-17/h4-5H,3,6-11H2,1-2H3,(H,15,18). The third-order valence-corrected chi connectivity index (χ3v) is 4.50. The first kappa shape index (κ1) is 14.5. The number of aryl methyl sites for hydroxylation is 1. The summed E-state index contributed by atoms with van der Waals surface area (Å²) in [6.45, 7) is 8.47. The van der Waals surface area contributed by atoms with Crippen LogP contribution in [-0.2, 0) is 0 Å². The fourth-order valence-corrected chi connectivity index (χ4v) is 3.00. The molecule has 0 radical (unpaired) electrons. The van der Waals surface area contributed by atoms with Gasteiger partial charge in [0.05, 0.1) is 4.88 Å². The van der Waals surface area contributed by atoms with Gasteiger partial charge in [0, 0.05) is 37.6 Å². The maximum atomic E-state index is 11.8. The molecular weight excluding hydrogens is 258 g/mol. The number of carbonyl (C=O) groups is 1. The van der Waals surface area contributed by atoms with Crippen molar-refractivity contribution in [2.24, 2.45) is 0 Å². The molecule has 0 atom stereocenters. The van der Waals surface area contributed by atoms with Crippen LogP contribution in [0.3, 0.4) is 0 Å². The Balaban J connectivity index is 1.60. The first-order valence-corrected chi connectivity index (χ1v) is 7.72. The van der Waals surface area contributed by atoms with Crippen molar-refractivity contribution in [2.45, 2.75) is 13.3 Å². The lowest BCUT2D eigenvalue weighted by Crippen LogP contribution is -2.45. The van der Waals surface area contributed by atoms with Crippen molar-refractivity contribution in [1.82, 2.24) is 15.1 Å². The summed E-state index contributed by atoms with van der Waals surface area (Å²) in [4.78, 5) is 18.7. The first-order valence-electron chi connectivity index (χ1n) is 6.90. The van der Waals surface area contributed by atoms with Crippen LogP contribution in [0.25, 0.3) is 0 Å². The molecule has 0 aromatic carbocycles. The summed E-state index contributed by atoms with van der Waals surface area (Å²) in [7, 11) is 2.17. The van der Waals surface area contributed by atoms with Crippen LogP contribution < -0.4 is 5.32 Å². The summed E-state index contributed by atoms with van der Waals surface area (Å²) in [5.41, 5.74) is 0. The lowest BCUT2D eigenvalue weighted by atomic mass is 10.3. The van der Waals surface area contributed by atoms with Crippen molar-refractivity contribution in [3.63, 3.8) is 0 Å². The highest BCUT2D eigenvalue weighted by molar-refractivity contribution is 7.13. The minimum Gasteiger partial charge on any atom is -0.351 e. The molecule has 1 aliphatic rings. The zero-order valence-electron chi connectivity index (χ0n) is 11.8. The van der Waals surface area contributed by atoms with Crippen molar-refractivity contribution in [3.8, 4) is 0 Å². The summed E-state index contributed by atoms with van der Waals surface area (Å²) in [6, 6.07) is 3.89. The number of rotatable bonds is 5. The first-order chi connectivity index (χ1) is 9.15. The monoisotopic (exact) mass is 281 g/mol. The molecule has 1 aromatic rings. The molecule has 0 unspecified atom stereocenters. The van der Waals surface area contributed by atoms with E-state index in [9.17, 15) is 4.79 Å². The minimum atomic E-state index is 0.0662. The maximum Gasteiger partial charge on any atom is 0.261 e. The van der Waals surface area contributed by atoms with Crippen molar-refractivity contribution >= 4 is 17.2 Å². The van der Waals surface area contributed by atoms with E-state index in [1.54, 1.807) is 11.3 Å². The topological polar surface area (TPSA) is 35.6 Å². The Morgan fingerprint density at radius 1 is 1.32 bits per heavy atom. The van der Waals surface area contributed by atoms with Gasteiger partial charge in [0.1, 0.15) is 0 Å². The average molecular weight is 281 g/mol. The van der Waals surface area contributed by atoms with Crippen LogP contribution in [0.2, 0.25) is 0 Å². The van der Waals surface area contributed by atoms with Crippen LogP contribution in [0, 0.1) is 6.92 Å². The van der Waals surface area contributed by atoms with Gasteiger partial charge in [0.25, 0.3) is 5.91 Å². The molecule has 2 rings (SSSR count). The van der Waals surface area contributed by atoms with Crippen LogP contribution in [0.1, 0.15) is 21.0 Å². The number of amides is 1. The summed E-state index contributed by atoms with van der Waals surface area (Å²) < 4.78 is 0. The van der Waals surface area contributed by atoms with E-state index in [4.69, 9.17) is 0 Å². The Hall–Kier alpha value is -0.910. The SMILES string of the molecule is Cc1ccc(C(=O)NCCCN2CCN(C)CC2)s1. The zero-order valence-corrected chi connectivity index (χ0v) is 12.6. The molecule has 1 amide bonds. The quantitative estimate of drug-likeness (QED) is 0.829. The van der Waals surface area contributed by atoms with Gasteiger partial charge in [-0.25, -0.2) is 0 Å².